The third-order valence-corrected chi connectivity index (χ3v) is 3.06. The van der Waals surface area contributed by atoms with Crippen molar-refractivity contribution in [2.75, 3.05) is 11.1 Å². The first-order valence-corrected chi connectivity index (χ1v) is 6.32. The van der Waals surface area contributed by atoms with Crippen LogP contribution in [0.15, 0.2) is 42.7 Å². The van der Waals surface area contributed by atoms with Crippen molar-refractivity contribution < 1.29 is 4.79 Å². The second-order valence-corrected chi connectivity index (χ2v) is 4.63. The van der Waals surface area contributed by atoms with Crippen molar-refractivity contribution in [3.63, 3.8) is 0 Å². The molecule has 0 saturated carbocycles. The lowest BCUT2D eigenvalue weighted by molar-refractivity contribution is -0.111. The zero-order valence-corrected chi connectivity index (χ0v) is 11.6. The van der Waals surface area contributed by atoms with Gasteiger partial charge in [0, 0.05) is 18.5 Å². The Morgan fingerprint density at radius 2 is 1.85 bits per heavy atom. The van der Waals surface area contributed by atoms with E-state index in [1.807, 2.05) is 38.1 Å². The predicted molar refractivity (Wildman–Crippen MR) is 82.2 cm³/mol. The fourth-order valence-corrected chi connectivity index (χ4v) is 1.77. The molecule has 20 heavy (non-hydrogen) atoms. The van der Waals surface area contributed by atoms with Crippen LogP contribution in [0.25, 0.3) is 6.08 Å². The summed E-state index contributed by atoms with van der Waals surface area (Å²) in [6.07, 6.45) is 6.57. The largest absolute Gasteiger partial charge is 0.397 e. The van der Waals surface area contributed by atoms with Gasteiger partial charge in [0.2, 0.25) is 5.91 Å². The number of anilines is 2. The van der Waals surface area contributed by atoms with Crippen molar-refractivity contribution in [3.8, 4) is 0 Å². The lowest BCUT2D eigenvalue weighted by Gasteiger charge is -2.09. The molecule has 4 nitrogen and oxygen atoms in total. The SMILES string of the molecule is Cc1cc(N)c(NC(=O)C=Cc2ccncc2)cc1C. The monoisotopic (exact) mass is 267 g/mol. The molecule has 0 saturated heterocycles. The Morgan fingerprint density at radius 1 is 1.20 bits per heavy atom. The standard InChI is InChI=1S/C16H17N3O/c1-11-9-14(17)15(10-12(11)2)19-16(20)4-3-13-5-7-18-8-6-13/h3-10H,17H2,1-2H3,(H,19,20). The number of hydrogen-bond donors (Lipinski definition) is 2. The minimum atomic E-state index is -0.211. The van der Waals surface area contributed by atoms with E-state index in [-0.39, 0.29) is 5.91 Å². The maximum absolute atomic E-state index is 11.9. The van der Waals surface area contributed by atoms with Crippen molar-refractivity contribution in [2.45, 2.75) is 13.8 Å². The van der Waals surface area contributed by atoms with Gasteiger partial charge in [-0.25, -0.2) is 0 Å². The van der Waals surface area contributed by atoms with Crippen LogP contribution < -0.4 is 11.1 Å². The number of nitrogens with two attached hydrogens (primary N) is 1. The minimum absolute atomic E-state index is 0.211. The molecule has 2 rings (SSSR count). The Balaban J connectivity index is 2.09. The van der Waals surface area contributed by atoms with Crippen LogP contribution in [0, 0.1) is 13.8 Å². The molecular weight excluding hydrogens is 250 g/mol. The summed E-state index contributed by atoms with van der Waals surface area (Å²) in [5.41, 5.74) is 10.2. The summed E-state index contributed by atoms with van der Waals surface area (Å²) in [7, 11) is 0. The van der Waals surface area contributed by atoms with Crippen LogP contribution in [0.1, 0.15) is 16.7 Å². The Labute approximate surface area is 118 Å². The minimum Gasteiger partial charge on any atom is -0.397 e. The number of carbonyl (C=O) groups excluding carboxylic acids is 1. The Hall–Kier alpha value is -2.62. The van der Waals surface area contributed by atoms with Gasteiger partial charge < -0.3 is 11.1 Å². The van der Waals surface area contributed by atoms with Crippen molar-refractivity contribution >= 4 is 23.4 Å². The van der Waals surface area contributed by atoms with E-state index in [0.29, 0.717) is 11.4 Å². The number of amides is 1. The van der Waals surface area contributed by atoms with Crippen LogP contribution in [0.5, 0.6) is 0 Å². The zero-order chi connectivity index (χ0) is 14.5. The maximum Gasteiger partial charge on any atom is 0.248 e. The van der Waals surface area contributed by atoms with Crippen LogP contribution >= 0.6 is 0 Å². The number of hydrogen-bond acceptors (Lipinski definition) is 3. The van der Waals surface area contributed by atoms with Gasteiger partial charge in [-0.2, -0.15) is 0 Å². The third kappa shape index (κ3) is 3.45. The van der Waals surface area contributed by atoms with Gasteiger partial charge in [0.15, 0.2) is 0 Å². The van der Waals surface area contributed by atoms with Gasteiger partial charge in [0.25, 0.3) is 0 Å². The smallest absolute Gasteiger partial charge is 0.248 e. The number of benzene rings is 1. The molecule has 0 aliphatic carbocycles. The second kappa shape index (κ2) is 6.02. The molecule has 0 radical (unpaired) electrons. The molecule has 0 aliphatic rings. The summed E-state index contributed by atoms with van der Waals surface area (Å²) < 4.78 is 0. The second-order valence-electron chi connectivity index (χ2n) is 4.63. The van der Waals surface area contributed by atoms with E-state index in [2.05, 4.69) is 10.3 Å². The van der Waals surface area contributed by atoms with Gasteiger partial charge in [-0.15, -0.1) is 0 Å². The van der Waals surface area contributed by atoms with Gasteiger partial charge >= 0.3 is 0 Å². The van der Waals surface area contributed by atoms with Crippen LogP contribution in [-0.2, 0) is 4.79 Å². The molecule has 0 atom stereocenters. The number of carbonyl (C=O) groups is 1. The molecule has 4 heteroatoms. The topological polar surface area (TPSA) is 68.0 Å². The van der Waals surface area contributed by atoms with Gasteiger partial charge in [0.1, 0.15) is 0 Å². The first-order chi connectivity index (χ1) is 9.56. The number of nitrogens with zero attached hydrogens (tertiary/aromatic N) is 1. The molecule has 0 spiro atoms. The highest BCUT2D eigenvalue weighted by Gasteiger charge is 2.04. The summed E-state index contributed by atoms with van der Waals surface area (Å²) in [6.45, 7) is 3.97. The number of nitrogen functional groups attached to an aromatic ring is 1. The average Bonchev–Trinajstić information content (AvgIpc) is 2.44. The van der Waals surface area contributed by atoms with E-state index >= 15 is 0 Å². The van der Waals surface area contributed by atoms with E-state index in [4.69, 9.17) is 5.73 Å². The first-order valence-electron chi connectivity index (χ1n) is 6.32. The zero-order valence-electron chi connectivity index (χ0n) is 11.6. The van der Waals surface area contributed by atoms with Crippen molar-refractivity contribution in [1.82, 2.24) is 4.98 Å². The summed E-state index contributed by atoms with van der Waals surface area (Å²) >= 11 is 0. The van der Waals surface area contributed by atoms with Gasteiger partial charge in [-0.1, -0.05) is 0 Å². The van der Waals surface area contributed by atoms with E-state index < -0.39 is 0 Å². The van der Waals surface area contributed by atoms with Crippen molar-refractivity contribution in [2.24, 2.45) is 0 Å². The molecule has 0 aliphatic heterocycles. The Bertz CT molecular complexity index is 648. The molecule has 1 heterocycles. The molecule has 102 valence electrons. The first kappa shape index (κ1) is 13.8. The Morgan fingerprint density at radius 3 is 2.55 bits per heavy atom. The number of rotatable bonds is 3. The Kier molecular flexibility index (Phi) is 4.15. The van der Waals surface area contributed by atoms with Crippen LogP contribution in [0.4, 0.5) is 11.4 Å². The van der Waals surface area contributed by atoms with E-state index in [1.165, 1.54) is 6.08 Å². The fraction of sp³-hybridized carbons (Fsp3) is 0.125. The molecule has 3 N–H and O–H groups in total. The van der Waals surface area contributed by atoms with Crippen LogP contribution in [-0.4, -0.2) is 10.9 Å². The average molecular weight is 267 g/mol. The number of aryl methyl sites for hydroxylation is 2. The molecule has 0 fully saturated rings. The van der Waals surface area contributed by atoms with Crippen molar-refractivity contribution in [1.29, 1.82) is 0 Å². The highest BCUT2D eigenvalue weighted by molar-refractivity contribution is 6.03. The van der Waals surface area contributed by atoms with Crippen LogP contribution in [0.3, 0.4) is 0 Å². The highest BCUT2D eigenvalue weighted by atomic mass is 16.1. The predicted octanol–water partition coefficient (Wildman–Crippen LogP) is 2.93. The molecule has 2 aromatic rings. The number of nitrogens with one attached hydrogen (secondary N) is 1. The molecular formula is C16H17N3O. The van der Waals surface area contributed by atoms with E-state index in [9.17, 15) is 4.79 Å². The maximum atomic E-state index is 11.9. The summed E-state index contributed by atoms with van der Waals surface area (Å²) in [5, 5.41) is 2.78. The highest BCUT2D eigenvalue weighted by Crippen LogP contribution is 2.22. The summed E-state index contributed by atoms with van der Waals surface area (Å²) in [5.74, 6) is -0.211. The number of pyridine rings is 1. The third-order valence-electron chi connectivity index (χ3n) is 3.06. The summed E-state index contributed by atoms with van der Waals surface area (Å²) in [4.78, 5) is 15.8. The molecule has 0 bridgehead atoms. The normalized spacial score (nSPS) is 10.7. The fourth-order valence-electron chi connectivity index (χ4n) is 1.77. The lowest BCUT2D eigenvalue weighted by atomic mass is 10.1. The van der Waals surface area contributed by atoms with E-state index in [0.717, 1.165) is 16.7 Å². The van der Waals surface area contributed by atoms with E-state index in [1.54, 1.807) is 18.5 Å². The van der Waals surface area contributed by atoms with Gasteiger partial charge in [-0.3, -0.25) is 9.78 Å². The lowest BCUT2D eigenvalue weighted by Crippen LogP contribution is -2.10. The summed E-state index contributed by atoms with van der Waals surface area (Å²) in [6, 6.07) is 7.39. The van der Waals surface area contributed by atoms with Gasteiger partial charge in [0.05, 0.1) is 11.4 Å². The van der Waals surface area contributed by atoms with Crippen molar-refractivity contribution in [3.05, 3.63) is 59.4 Å². The molecule has 1 aromatic heterocycles. The molecule has 0 unspecified atom stereocenters. The van der Waals surface area contributed by atoms with Crippen LogP contribution in [0.2, 0.25) is 0 Å². The quantitative estimate of drug-likeness (QED) is 0.663. The van der Waals surface area contributed by atoms with Gasteiger partial charge in [-0.05, 0) is 60.9 Å². The molecule has 1 amide bonds. The molecule has 1 aromatic carbocycles. The number of aromatic nitrogens is 1.